The second kappa shape index (κ2) is 3.28. The molecule has 1 saturated heterocycles. The van der Waals surface area contributed by atoms with Crippen molar-refractivity contribution in [3.63, 3.8) is 0 Å². The molecular weight excluding hydrogens is 190 g/mol. The fourth-order valence-electron chi connectivity index (χ4n) is 1.45. The molecule has 78 valence electrons. The average molecular weight is 201 g/mol. The van der Waals surface area contributed by atoms with Crippen LogP contribution < -0.4 is 0 Å². The summed E-state index contributed by atoms with van der Waals surface area (Å²) in [7, 11) is 0. The highest BCUT2D eigenvalue weighted by atomic mass is 16.4. The Kier molecular flexibility index (Phi) is 2.46. The van der Waals surface area contributed by atoms with Crippen molar-refractivity contribution in [3.05, 3.63) is 0 Å². The summed E-state index contributed by atoms with van der Waals surface area (Å²) in [6.07, 6.45) is -1.22. The smallest absolute Gasteiger partial charge is 0.408 e. The minimum atomic E-state index is -1.47. The monoisotopic (exact) mass is 201 g/mol. The predicted molar refractivity (Wildman–Crippen MR) is 45.0 cm³/mol. The van der Waals surface area contributed by atoms with E-state index in [1.165, 1.54) is 6.92 Å². The zero-order valence-corrected chi connectivity index (χ0v) is 7.69. The van der Waals surface area contributed by atoms with E-state index in [1.54, 1.807) is 0 Å². The molecule has 6 heteroatoms. The van der Waals surface area contributed by atoms with E-state index < -0.39 is 17.6 Å². The first-order valence-electron chi connectivity index (χ1n) is 4.13. The van der Waals surface area contributed by atoms with Gasteiger partial charge in [-0.2, -0.15) is 0 Å². The van der Waals surface area contributed by atoms with Crippen LogP contribution in [-0.2, 0) is 9.59 Å². The topological polar surface area (TPSA) is 94.9 Å². The summed E-state index contributed by atoms with van der Waals surface area (Å²) in [6, 6.07) is 0. The number of carbonyl (C=O) groups is 3. The maximum atomic E-state index is 11.0. The van der Waals surface area contributed by atoms with Crippen LogP contribution in [0.4, 0.5) is 4.79 Å². The van der Waals surface area contributed by atoms with Crippen LogP contribution in [0, 0.1) is 0 Å². The molecule has 2 N–H and O–H groups in total. The number of likely N-dealkylation sites (tertiary alicyclic amines) is 1. The van der Waals surface area contributed by atoms with E-state index in [9.17, 15) is 14.4 Å². The molecule has 0 spiro atoms. The third-order valence-electron chi connectivity index (χ3n) is 2.51. The number of aliphatic carboxylic acids is 1. The van der Waals surface area contributed by atoms with Gasteiger partial charge in [-0.25, -0.2) is 9.59 Å². The van der Waals surface area contributed by atoms with E-state index in [4.69, 9.17) is 10.2 Å². The van der Waals surface area contributed by atoms with E-state index in [0.717, 1.165) is 0 Å². The van der Waals surface area contributed by atoms with Crippen LogP contribution in [0.2, 0.25) is 0 Å². The van der Waals surface area contributed by atoms with Crippen LogP contribution in [0.25, 0.3) is 0 Å². The van der Waals surface area contributed by atoms with Crippen molar-refractivity contribution in [2.45, 2.75) is 25.3 Å². The fourth-order valence-corrected chi connectivity index (χ4v) is 1.45. The normalized spacial score (nSPS) is 27.5. The number of carboxylic acids is 1. The number of nitrogens with zero attached hydrogens (tertiary/aromatic N) is 1. The summed E-state index contributed by atoms with van der Waals surface area (Å²) in [6.45, 7) is 0.980. The van der Waals surface area contributed by atoms with Gasteiger partial charge in [0.15, 0.2) is 5.78 Å². The van der Waals surface area contributed by atoms with Gasteiger partial charge in [0, 0.05) is 6.42 Å². The lowest BCUT2D eigenvalue weighted by Crippen LogP contribution is -2.59. The van der Waals surface area contributed by atoms with Crippen molar-refractivity contribution < 1.29 is 24.6 Å². The van der Waals surface area contributed by atoms with Gasteiger partial charge in [0.25, 0.3) is 0 Å². The molecule has 6 nitrogen and oxygen atoms in total. The third kappa shape index (κ3) is 1.55. The van der Waals surface area contributed by atoms with E-state index in [0.29, 0.717) is 4.90 Å². The van der Waals surface area contributed by atoms with Gasteiger partial charge in [-0.05, 0) is 13.3 Å². The quantitative estimate of drug-likeness (QED) is 0.630. The molecule has 0 aliphatic carbocycles. The number of ketones is 1. The van der Waals surface area contributed by atoms with Crippen LogP contribution in [-0.4, -0.2) is 45.0 Å². The maximum absolute atomic E-state index is 11.0. The molecule has 0 aromatic rings. The van der Waals surface area contributed by atoms with E-state index in [-0.39, 0.29) is 25.2 Å². The second-order valence-electron chi connectivity index (χ2n) is 3.49. The SMILES string of the molecule is CC1(C(=O)O)CCC(=O)CN1C(=O)O. The van der Waals surface area contributed by atoms with Gasteiger partial charge in [-0.1, -0.05) is 0 Å². The number of piperidine rings is 1. The summed E-state index contributed by atoms with van der Waals surface area (Å²) in [5, 5.41) is 17.6. The Morgan fingerprint density at radius 3 is 2.43 bits per heavy atom. The summed E-state index contributed by atoms with van der Waals surface area (Å²) in [4.78, 5) is 33.3. The van der Waals surface area contributed by atoms with Gasteiger partial charge in [-0.15, -0.1) is 0 Å². The highest BCUT2D eigenvalue weighted by Gasteiger charge is 2.46. The molecule has 14 heavy (non-hydrogen) atoms. The molecule has 1 fully saturated rings. The zero-order valence-electron chi connectivity index (χ0n) is 7.69. The van der Waals surface area contributed by atoms with Crippen molar-refractivity contribution in [3.8, 4) is 0 Å². The molecule has 1 unspecified atom stereocenters. The summed E-state index contributed by atoms with van der Waals surface area (Å²) >= 11 is 0. The largest absolute Gasteiger partial charge is 0.480 e. The van der Waals surface area contributed by atoms with Crippen LogP contribution in [0.5, 0.6) is 0 Å². The van der Waals surface area contributed by atoms with Gasteiger partial charge in [0.1, 0.15) is 5.54 Å². The van der Waals surface area contributed by atoms with Crippen molar-refractivity contribution >= 4 is 17.8 Å². The van der Waals surface area contributed by atoms with Gasteiger partial charge >= 0.3 is 12.1 Å². The first-order chi connectivity index (χ1) is 6.38. The number of carbonyl (C=O) groups excluding carboxylic acids is 1. The molecule has 0 aromatic heterocycles. The Labute approximate surface area is 80.1 Å². The Bertz CT molecular complexity index is 300. The van der Waals surface area contributed by atoms with E-state index >= 15 is 0 Å². The molecule has 1 aliphatic rings. The molecule has 0 radical (unpaired) electrons. The first kappa shape index (κ1) is 10.5. The zero-order chi connectivity index (χ0) is 10.9. The minimum absolute atomic E-state index is 0.0352. The van der Waals surface area contributed by atoms with E-state index in [1.807, 2.05) is 0 Å². The maximum Gasteiger partial charge on any atom is 0.408 e. The van der Waals surface area contributed by atoms with Gasteiger partial charge < -0.3 is 10.2 Å². The van der Waals surface area contributed by atoms with Gasteiger partial charge in [0.2, 0.25) is 0 Å². The lowest BCUT2D eigenvalue weighted by molar-refractivity contribution is -0.152. The molecule has 1 atom stereocenters. The third-order valence-corrected chi connectivity index (χ3v) is 2.51. The summed E-state index contributed by atoms with van der Waals surface area (Å²) in [5.41, 5.74) is -1.47. The fraction of sp³-hybridized carbons (Fsp3) is 0.625. The number of hydrogen-bond donors (Lipinski definition) is 2. The highest BCUT2D eigenvalue weighted by Crippen LogP contribution is 2.26. The van der Waals surface area contributed by atoms with Gasteiger partial charge in [0.05, 0.1) is 6.54 Å². The molecular formula is C8H11NO5. The molecule has 1 rings (SSSR count). The molecule has 0 bridgehead atoms. The lowest BCUT2D eigenvalue weighted by atomic mass is 9.88. The number of amides is 1. The highest BCUT2D eigenvalue weighted by molar-refractivity contribution is 5.91. The van der Waals surface area contributed by atoms with Gasteiger partial charge in [-0.3, -0.25) is 9.69 Å². The molecule has 1 aliphatic heterocycles. The minimum Gasteiger partial charge on any atom is -0.480 e. The van der Waals surface area contributed by atoms with Crippen LogP contribution >= 0.6 is 0 Å². The molecule has 0 saturated carbocycles. The second-order valence-corrected chi connectivity index (χ2v) is 3.49. The number of rotatable bonds is 1. The Balaban J connectivity index is 2.98. The van der Waals surface area contributed by atoms with Crippen LogP contribution in [0.15, 0.2) is 0 Å². The Morgan fingerprint density at radius 2 is 2.00 bits per heavy atom. The van der Waals surface area contributed by atoms with Crippen LogP contribution in [0.3, 0.4) is 0 Å². The van der Waals surface area contributed by atoms with Crippen molar-refractivity contribution in [1.29, 1.82) is 0 Å². The molecule has 1 amide bonds. The van der Waals surface area contributed by atoms with Crippen molar-refractivity contribution in [2.24, 2.45) is 0 Å². The Hall–Kier alpha value is -1.59. The average Bonchev–Trinajstić information content (AvgIpc) is 2.08. The molecule has 1 heterocycles. The summed E-state index contributed by atoms with van der Waals surface area (Å²) in [5.74, 6) is -1.46. The van der Waals surface area contributed by atoms with Crippen molar-refractivity contribution in [1.82, 2.24) is 4.90 Å². The first-order valence-corrected chi connectivity index (χ1v) is 4.13. The predicted octanol–water partition coefficient (Wildman–Crippen LogP) is 0.173. The number of carboxylic acid groups (broad SMARTS) is 2. The number of Topliss-reactive ketones (excluding diaryl/α,β-unsaturated/α-hetero) is 1. The molecule has 0 aromatic carbocycles. The summed E-state index contributed by atoms with van der Waals surface area (Å²) < 4.78 is 0. The van der Waals surface area contributed by atoms with E-state index in [2.05, 4.69) is 0 Å². The number of hydrogen-bond acceptors (Lipinski definition) is 3. The standard InChI is InChI=1S/C8H11NO5/c1-8(6(11)12)3-2-5(10)4-9(8)7(13)14/h2-4H2,1H3,(H,11,12)(H,13,14). The van der Waals surface area contributed by atoms with Crippen molar-refractivity contribution in [2.75, 3.05) is 6.54 Å². The Morgan fingerprint density at radius 1 is 1.43 bits per heavy atom. The lowest BCUT2D eigenvalue weighted by Gasteiger charge is -2.38. The van der Waals surface area contributed by atoms with Crippen LogP contribution in [0.1, 0.15) is 19.8 Å².